The first-order chi connectivity index (χ1) is 13.6. The van der Waals surface area contributed by atoms with Gasteiger partial charge in [0.2, 0.25) is 0 Å². The van der Waals surface area contributed by atoms with Gasteiger partial charge in [0.25, 0.3) is 0 Å². The Balaban J connectivity index is 0.00000300. The number of nitrogens with zero attached hydrogens (tertiary/aromatic N) is 6. The maximum absolute atomic E-state index is 4.63. The first-order valence-electron chi connectivity index (χ1n) is 9.41. The van der Waals surface area contributed by atoms with Crippen LogP contribution in [0.15, 0.2) is 22.9 Å². The number of thiazole rings is 1. The molecule has 11 heteroatoms. The molecule has 3 N–H and O–H groups in total. The Morgan fingerprint density at radius 2 is 2.07 bits per heavy atom. The molecule has 0 saturated carbocycles. The zero-order valence-electron chi connectivity index (χ0n) is 17.1. The van der Waals surface area contributed by atoms with Crippen molar-refractivity contribution in [2.45, 2.75) is 33.2 Å². The van der Waals surface area contributed by atoms with Gasteiger partial charge in [-0.1, -0.05) is 13.8 Å². The van der Waals surface area contributed by atoms with E-state index in [1.807, 2.05) is 7.05 Å². The number of guanidine groups is 1. The topological polar surface area (TPSA) is 105 Å². The van der Waals surface area contributed by atoms with Gasteiger partial charge in [-0.2, -0.15) is 5.10 Å². The van der Waals surface area contributed by atoms with Gasteiger partial charge in [0.05, 0.1) is 23.8 Å². The summed E-state index contributed by atoms with van der Waals surface area (Å²) in [4.78, 5) is 17.8. The first kappa shape index (κ1) is 23.3. The van der Waals surface area contributed by atoms with Crippen LogP contribution < -0.4 is 16.0 Å². The van der Waals surface area contributed by atoms with Crippen LogP contribution in [-0.2, 0) is 13.6 Å². The van der Waals surface area contributed by atoms with E-state index in [4.69, 9.17) is 0 Å². The molecule has 158 valence electrons. The second kappa shape index (κ2) is 11.2. The van der Waals surface area contributed by atoms with Gasteiger partial charge in [0, 0.05) is 32.1 Å². The molecule has 29 heavy (non-hydrogen) atoms. The Bertz CT molecular complexity index is 934. The molecule has 0 aliphatic carbocycles. The van der Waals surface area contributed by atoms with E-state index in [0.717, 1.165) is 40.1 Å². The third-order valence-corrected chi connectivity index (χ3v) is 4.97. The van der Waals surface area contributed by atoms with Crippen LogP contribution in [0.5, 0.6) is 0 Å². The second-order valence-corrected chi connectivity index (χ2v) is 7.54. The molecule has 0 spiro atoms. The van der Waals surface area contributed by atoms with Gasteiger partial charge in [-0.25, -0.2) is 19.9 Å². The fourth-order valence-corrected chi connectivity index (χ4v) is 3.49. The van der Waals surface area contributed by atoms with Crippen LogP contribution in [0.1, 0.15) is 37.4 Å². The number of aryl methyl sites for hydroxylation is 1. The van der Waals surface area contributed by atoms with E-state index in [1.165, 1.54) is 0 Å². The molecule has 0 atom stereocenters. The highest BCUT2D eigenvalue weighted by molar-refractivity contribution is 14.0. The molecule has 3 aromatic heterocycles. The van der Waals surface area contributed by atoms with Crippen LogP contribution in [0, 0.1) is 0 Å². The van der Waals surface area contributed by atoms with Gasteiger partial charge in [0.1, 0.15) is 17.2 Å². The van der Waals surface area contributed by atoms with Crippen molar-refractivity contribution in [3.63, 3.8) is 0 Å². The van der Waals surface area contributed by atoms with Crippen molar-refractivity contribution in [2.24, 2.45) is 12.0 Å². The van der Waals surface area contributed by atoms with Crippen molar-refractivity contribution >= 4 is 58.1 Å². The third-order valence-electron chi connectivity index (χ3n) is 4.12. The fraction of sp³-hybridized carbons (Fsp3) is 0.500. The summed E-state index contributed by atoms with van der Waals surface area (Å²) in [6, 6.07) is 0. The molecule has 9 nitrogen and oxygen atoms in total. The lowest BCUT2D eigenvalue weighted by Crippen LogP contribution is -2.39. The number of halogens is 1. The predicted octanol–water partition coefficient (Wildman–Crippen LogP) is 2.73. The lowest BCUT2D eigenvalue weighted by atomic mass is 10.2. The van der Waals surface area contributed by atoms with Gasteiger partial charge in [-0.3, -0.25) is 4.68 Å². The molecule has 0 aliphatic heterocycles. The fourth-order valence-electron chi connectivity index (χ4n) is 2.62. The van der Waals surface area contributed by atoms with Crippen LogP contribution in [0.25, 0.3) is 11.0 Å². The van der Waals surface area contributed by atoms with E-state index in [1.54, 1.807) is 28.5 Å². The summed E-state index contributed by atoms with van der Waals surface area (Å²) < 4.78 is 1.74. The van der Waals surface area contributed by atoms with Crippen LogP contribution in [0.2, 0.25) is 0 Å². The molecule has 3 heterocycles. The molecular weight excluding hydrogens is 501 g/mol. The normalized spacial score (nSPS) is 11.6. The van der Waals surface area contributed by atoms with Crippen molar-refractivity contribution in [3.8, 4) is 0 Å². The molecule has 0 unspecified atom stereocenters. The van der Waals surface area contributed by atoms with Gasteiger partial charge in [-0.15, -0.1) is 35.3 Å². The van der Waals surface area contributed by atoms with E-state index in [-0.39, 0.29) is 24.0 Å². The minimum Gasteiger partial charge on any atom is -0.368 e. The van der Waals surface area contributed by atoms with Gasteiger partial charge >= 0.3 is 0 Å². The number of fused-ring (bicyclic) bond motifs is 1. The molecule has 0 saturated heterocycles. The van der Waals surface area contributed by atoms with Crippen LogP contribution in [0.3, 0.4) is 0 Å². The zero-order chi connectivity index (χ0) is 19.9. The maximum atomic E-state index is 4.63. The number of anilines is 1. The SMILES string of the molecule is CCNC(=NCc1nc(C(C)C)cs1)NCCNc1ncnc2c1cnn2C.I. The highest BCUT2D eigenvalue weighted by Crippen LogP contribution is 2.18. The van der Waals surface area contributed by atoms with E-state index in [2.05, 4.69) is 67.1 Å². The minimum atomic E-state index is 0. The Hall–Kier alpha value is -2.02. The quantitative estimate of drug-likeness (QED) is 0.178. The average Bonchev–Trinajstić information content (AvgIpc) is 3.31. The highest BCUT2D eigenvalue weighted by atomic mass is 127. The summed E-state index contributed by atoms with van der Waals surface area (Å²) in [5, 5.41) is 18.2. The van der Waals surface area contributed by atoms with Crippen molar-refractivity contribution in [1.29, 1.82) is 0 Å². The summed E-state index contributed by atoms with van der Waals surface area (Å²) in [7, 11) is 1.87. The maximum Gasteiger partial charge on any atom is 0.191 e. The molecule has 3 aromatic rings. The minimum absolute atomic E-state index is 0. The van der Waals surface area contributed by atoms with E-state index < -0.39 is 0 Å². The van der Waals surface area contributed by atoms with E-state index >= 15 is 0 Å². The van der Waals surface area contributed by atoms with Crippen molar-refractivity contribution in [1.82, 2.24) is 35.4 Å². The number of hydrogen-bond acceptors (Lipinski definition) is 7. The number of nitrogens with one attached hydrogen (secondary N) is 3. The number of rotatable bonds is 8. The molecule has 0 radical (unpaired) electrons. The van der Waals surface area contributed by atoms with E-state index in [9.17, 15) is 0 Å². The molecule has 0 bridgehead atoms. The summed E-state index contributed by atoms with van der Waals surface area (Å²) in [6.07, 6.45) is 3.32. The summed E-state index contributed by atoms with van der Waals surface area (Å²) in [6.45, 7) is 9.12. The molecule has 0 aliphatic rings. The Morgan fingerprint density at radius 3 is 2.79 bits per heavy atom. The molecule has 0 aromatic carbocycles. The van der Waals surface area contributed by atoms with Crippen LogP contribution in [0.4, 0.5) is 5.82 Å². The van der Waals surface area contributed by atoms with Crippen molar-refractivity contribution in [3.05, 3.63) is 28.6 Å². The lowest BCUT2D eigenvalue weighted by Gasteiger charge is -2.12. The molecule has 0 fully saturated rings. The zero-order valence-corrected chi connectivity index (χ0v) is 20.3. The largest absolute Gasteiger partial charge is 0.368 e. The highest BCUT2D eigenvalue weighted by Gasteiger charge is 2.08. The summed E-state index contributed by atoms with van der Waals surface area (Å²) in [5.74, 6) is 2.00. The number of aromatic nitrogens is 5. The lowest BCUT2D eigenvalue weighted by molar-refractivity contribution is 0.785. The monoisotopic (exact) mass is 529 g/mol. The van der Waals surface area contributed by atoms with Gasteiger partial charge in [0.15, 0.2) is 11.6 Å². The molecular formula is C18H28IN9S. The van der Waals surface area contributed by atoms with Crippen molar-refractivity contribution in [2.75, 3.05) is 25.0 Å². The first-order valence-corrected chi connectivity index (χ1v) is 10.3. The van der Waals surface area contributed by atoms with Crippen LogP contribution >= 0.6 is 35.3 Å². The Labute approximate surface area is 191 Å². The third kappa shape index (κ3) is 6.23. The Kier molecular flexibility index (Phi) is 9.01. The summed E-state index contributed by atoms with van der Waals surface area (Å²) >= 11 is 1.66. The summed E-state index contributed by atoms with van der Waals surface area (Å²) in [5.41, 5.74) is 1.94. The number of hydrogen-bond donors (Lipinski definition) is 3. The smallest absolute Gasteiger partial charge is 0.191 e. The van der Waals surface area contributed by atoms with Gasteiger partial charge < -0.3 is 16.0 Å². The standard InChI is InChI=1S/C18H27N9S.HI/c1-5-19-18(22-9-15-26-14(10-28-15)12(2)3)21-7-6-20-16-13-8-25-27(4)17(13)24-11-23-16;/h8,10-12H,5-7,9H2,1-4H3,(H2,19,21,22)(H,20,23,24);1H. The molecule has 0 amide bonds. The van der Waals surface area contributed by atoms with Gasteiger partial charge in [-0.05, 0) is 12.8 Å². The number of aliphatic imine (C=N–C) groups is 1. The second-order valence-electron chi connectivity index (χ2n) is 6.60. The van der Waals surface area contributed by atoms with E-state index in [0.29, 0.717) is 25.6 Å². The van der Waals surface area contributed by atoms with Crippen LogP contribution in [-0.4, -0.2) is 50.3 Å². The molecule has 3 rings (SSSR count). The average molecular weight is 529 g/mol. The predicted molar refractivity (Wildman–Crippen MR) is 129 cm³/mol. The van der Waals surface area contributed by atoms with Crippen molar-refractivity contribution < 1.29 is 0 Å². The Morgan fingerprint density at radius 1 is 1.24 bits per heavy atom.